The molecule has 2 N–H and O–H groups in total. The van der Waals surface area contributed by atoms with Crippen molar-refractivity contribution in [2.24, 2.45) is 5.41 Å². The number of hydrogen-bond donors (Lipinski definition) is 2. The first-order chi connectivity index (χ1) is 8.99. The quantitative estimate of drug-likeness (QED) is 0.628. The van der Waals surface area contributed by atoms with Gasteiger partial charge in [0.05, 0.1) is 10.3 Å². The number of carboxylic acid groups (broad SMARTS) is 1. The van der Waals surface area contributed by atoms with E-state index in [-0.39, 0.29) is 5.69 Å². The smallest absolute Gasteiger partial charge is 0.311 e. The van der Waals surface area contributed by atoms with Gasteiger partial charge in [-0.1, -0.05) is 0 Å². The number of halogens is 1. The van der Waals surface area contributed by atoms with Crippen LogP contribution in [0.25, 0.3) is 0 Å². The second kappa shape index (κ2) is 5.40. The molecule has 0 amide bonds. The van der Waals surface area contributed by atoms with Crippen molar-refractivity contribution >= 4 is 33.3 Å². The van der Waals surface area contributed by atoms with Gasteiger partial charge in [-0.3, -0.25) is 14.9 Å². The molecule has 0 heterocycles. The fraction of sp³-hybridized carbons (Fsp3) is 0.462. The highest BCUT2D eigenvalue weighted by molar-refractivity contribution is 9.10. The van der Waals surface area contributed by atoms with Crippen LogP contribution in [0.5, 0.6) is 0 Å². The van der Waals surface area contributed by atoms with Gasteiger partial charge in [0.15, 0.2) is 0 Å². The molecule has 0 aromatic heterocycles. The van der Waals surface area contributed by atoms with E-state index < -0.39 is 21.8 Å². The van der Waals surface area contributed by atoms with Gasteiger partial charge in [-0.05, 0) is 49.7 Å². The first kappa shape index (κ1) is 16.4. The summed E-state index contributed by atoms with van der Waals surface area (Å²) in [5, 5.41) is 23.1. The van der Waals surface area contributed by atoms with E-state index in [2.05, 4.69) is 21.2 Å². The number of nitro benzene ring substituents is 1. The Morgan fingerprint density at radius 3 is 2.30 bits per heavy atom. The van der Waals surface area contributed by atoms with Crippen LogP contribution in [0.2, 0.25) is 0 Å². The molecule has 0 atom stereocenters. The molecule has 0 fully saturated rings. The van der Waals surface area contributed by atoms with Crippen molar-refractivity contribution in [2.45, 2.75) is 33.2 Å². The van der Waals surface area contributed by atoms with E-state index in [0.717, 1.165) is 0 Å². The van der Waals surface area contributed by atoms with E-state index >= 15 is 0 Å². The lowest BCUT2D eigenvalue weighted by molar-refractivity contribution is -0.384. The van der Waals surface area contributed by atoms with Crippen molar-refractivity contribution in [3.05, 3.63) is 32.8 Å². The number of benzene rings is 1. The molecule has 1 aromatic rings. The zero-order valence-electron chi connectivity index (χ0n) is 11.7. The van der Waals surface area contributed by atoms with Gasteiger partial charge in [-0.2, -0.15) is 0 Å². The number of rotatable bonds is 5. The molecule has 0 saturated carbocycles. The van der Waals surface area contributed by atoms with Crippen LogP contribution in [0.4, 0.5) is 11.4 Å². The summed E-state index contributed by atoms with van der Waals surface area (Å²) >= 11 is 3.26. The molecule has 0 aliphatic rings. The number of aliphatic carboxylic acids is 1. The summed E-state index contributed by atoms with van der Waals surface area (Å²) in [6, 6.07) is 4.31. The minimum absolute atomic E-state index is 0.0299. The normalized spacial score (nSPS) is 12.1. The zero-order valence-corrected chi connectivity index (χ0v) is 13.3. The van der Waals surface area contributed by atoms with Crippen molar-refractivity contribution in [1.29, 1.82) is 0 Å². The van der Waals surface area contributed by atoms with Crippen molar-refractivity contribution in [2.75, 3.05) is 5.32 Å². The average molecular weight is 345 g/mol. The molecule has 20 heavy (non-hydrogen) atoms. The lowest BCUT2D eigenvalue weighted by Crippen LogP contribution is -2.50. The monoisotopic (exact) mass is 344 g/mol. The molecule has 7 heteroatoms. The standard InChI is InChI=1S/C13H17BrN2O4/c1-12(2,11(17)18)13(3,4)15-10-6-5-8(16(19)20)7-9(10)14/h5-7,15H,1-4H3,(H,17,18). The van der Waals surface area contributed by atoms with Crippen molar-refractivity contribution in [3.8, 4) is 0 Å². The largest absolute Gasteiger partial charge is 0.481 e. The molecule has 1 aromatic carbocycles. The van der Waals surface area contributed by atoms with Crippen LogP contribution in [-0.2, 0) is 4.79 Å². The summed E-state index contributed by atoms with van der Waals surface area (Å²) in [5.41, 5.74) is -1.20. The third kappa shape index (κ3) is 3.09. The summed E-state index contributed by atoms with van der Waals surface area (Å²) < 4.78 is 0.515. The number of hydrogen-bond acceptors (Lipinski definition) is 4. The van der Waals surface area contributed by atoms with E-state index in [1.165, 1.54) is 12.1 Å². The summed E-state index contributed by atoms with van der Waals surface area (Å²) in [7, 11) is 0. The molecule has 1 rings (SSSR count). The lowest BCUT2D eigenvalue weighted by atomic mass is 9.74. The molecule has 0 spiro atoms. The molecule has 6 nitrogen and oxygen atoms in total. The third-order valence-electron chi connectivity index (χ3n) is 3.71. The Balaban J connectivity index is 3.10. The zero-order chi connectivity index (χ0) is 15.7. The number of anilines is 1. The van der Waals surface area contributed by atoms with Gasteiger partial charge in [-0.15, -0.1) is 0 Å². The summed E-state index contributed by atoms with van der Waals surface area (Å²) in [5.74, 6) is -0.923. The van der Waals surface area contributed by atoms with Crippen molar-refractivity contribution in [3.63, 3.8) is 0 Å². The Bertz CT molecular complexity index is 555. The minimum Gasteiger partial charge on any atom is -0.481 e. The number of carboxylic acids is 1. The van der Waals surface area contributed by atoms with E-state index in [0.29, 0.717) is 10.2 Å². The van der Waals surface area contributed by atoms with E-state index in [1.54, 1.807) is 33.8 Å². The Labute approximate surface area is 125 Å². The van der Waals surface area contributed by atoms with Crippen LogP contribution in [0.3, 0.4) is 0 Å². The molecule has 0 radical (unpaired) electrons. The van der Waals surface area contributed by atoms with Crippen LogP contribution >= 0.6 is 15.9 Å². The summed E-state index contributed by atoms with van der Waals surface area (Å²) in [4.78, 5) is 21.5. The van der Waals surface area contributed by atoms with E-state index in [9.17, 15) is 20.0 Å². The summed E-state index contributed by atoms with van der Waals surface area (Å²) in [6.07, 6.45) is 0. The SMILES string of the molecule is CC(C)(Nc1ccc([N+](=O)[O-])cc1Br)C(C)(C)C(=O)O. The Hall–Kier alpha value is -1.63. The predicted octanol–water partition coefficient (Wildman–Crippen LogP) is 3.66. The fourth-order valence-corrected chi connectivity index (χ4v) is 1.95. The lowest BCUT2D eigenvalue weighted by Gasteiger charge is -2.39. The second-order valence-corrected chi connectivity index (χ2v) is 6.46. The number of nitro groups is 1. The first-order valence-electron chi connectivity index (χ1n) is 5.94. The van der Waals surface area contributed by atoms with Crippen LogP contribution in [0.15, 0.2) is 22.7 Å². The van der Waals surface area contributed by atoms with Gasteiger partial charge in [0.1, 0.15) is 0 Å². The number of carbonyl (C=O) groups is 1. The fourth-order valence-electron chi connectivity index (χ4n) is 1.48. The van der Waals surface area contributed by atoms with Crippen molar-refractivity contribution < 1.29 is 14.8 Å². The van der Waals surface area contributed by atoms with Gasteiger partial charge in [0.25, 0.3) is 5.69 Å². The van der Waals surface area contributed by atoms with Gasteiger partial charge >= 0.3 is 5.97 Å². The second-order valence-electron chi connectivity index (χ2n) is 5.60. The van der Waals surface area contributed by atoms with Crippen LogP contribution < -0.4 is 5.32 Å². The molecule has 0 unspecified atom stereocenters. The average Bonchev–Trinajstić information content (AvgIpc) is 2.30. The maximum Gasteiger partial charge on any atom is 0.311 e. The molecular weight excluding hydrogens is 328 g/mol. The topological polar surface area (TPSA) is 92.5 Å². The molecule has 0 aliphatic heterocycles. The van der Waals surface area contributed by atoms with Crippen LogP contribution in [0, 0.1) is 15.5 Å². The first-order valence-corrected chi connectivity index (χ1v) is 6.74. The van der Waals surface area contributed by atoms with E-state index in [4.69, 9.17) is 0 Å². The van der Waals surface area contributed by atoms with Gasteiger partial charge in [0, 0.05) is 27.8 Å². The highest BCUT2D eigenvalue weighted by Gasteiger charge is 2.43. The Kier molecular flexibility index (Phi) is 4.43. The molecule has 0 aliphatic carbocycles. The van der Waals surface area contributed by atoms with E-state index in [1.807, 2.05) is 0 Å². The number of non-ortho nitro benzene ring substituents is 1. The van der Waals surface area contributed by atoms with Gasteiger partial charge in [-0.25, -0.2) is 0 Å². The minimum atomic E-state index is -1.02. The maximum absolute atomic E-state index is 11.3. The predicted molar refractivity (Wildman–Crippen MR) is 79.9 cm³/mol. The Morgan fingerprint density at radius 2 is 1.90 bits per heavy atom. The molecule has 0 bridgehead atoms. The van der Waals surface area contributed by atoms with Crippen LogP contribution in [-0.4, -0.2) is 21.5 Å². The summed E-state index contributed by atoms with van der Waals surface area (Å²) in [6.45, 7) is 6.80. The van der Waals surface area contributed by atoms with Crippen molar-refractivity contribution in [1.82, 2.24) is 0 Å². The third-order valence-corrected chi connectivity index (χ3v) is 4.36. The Morgan fingerprint density at radius 1 is 1.35 bits per heavy atom. The molecule has 110 valence electrons. The highest BCUT2D eigenvalue weighted by Crippen LogP contribution is 2.37. The van der Waals surface area contributed by atoms with Gasteiger partial charge < -0.3 is 10.4 Å². The number of nitrogens with zero attached hydrogens (tertiary/aromatic N) is 1. The van der Waals surface area contributed by atoms with Gasteiger partial charge in [0.2, 0.25) is 0 Å². The molecule has 0 saturated heterocycles. The number of nitrogens with one attached hydrogen (secondary N) is 1. The highest BCUT2D eigenvalue weighted by atomic mass is 79.9. The van der Waals surface area contributed by atoms with Crippen LogP contribution in [0.1, 0.15) is 27.7 Å². The maximum atomic E-state index is 11.3. The molecular formula is C13H17BrN2O4.